The molecule has 0 bridgehead atoms. The normalized spacial score (nSPS) is 18.4. The molecule has 1 unspecified atom stereocenters. The first-order chi connectivity index (χ1) is 9.20. The van der Waals surface area contributed by atoms with E-state index in [0.717, 1.165) is 25.7 Å². The summed E-state index contributed by atoms with van der Waals surface area (Å²) >= 11 is 0. The van der Waals surface area contributed by atoms with Crippen LogP contribution in [0.2, 0.25) is 0 Å². The van der Waals surface area contributed by atoms with E-state index in [4.69, 9.17) is 0 Å². The van der Waals surface area contributed by atoms with Gasteiger partial charge in [0.15, 0.2) is 0 Å². The number of nitrogens with zero attached hydrogens (tertiary/aromatic N) is 1. The summed E-state index contributed by atoms with van der Waals surface area (Å²) in [6.07, 6.45) is 5.24. The second-order valence-corrected chi connectivity index (χ2v) is 6.57. The fourth-order valence-electron chi connectivity index (χ4n) is 2.75. The van der Waals surface area contributed by atoms with Crippen molar-refractivity contribution in [3.05, 3.63) is 0 Å². The number of hydrogen-bond donors (Lipinski definition) is 2. The highest BCUT2D eigenvalue weighted by Crippen LogP contribution is 2.23. The lowest BCUT2D eigenvalue weighted by molar-refractivity contribution is -0.138. The van der Waals surface area contributed by atoms with Crippen LogP contribution in [0.15, 0.2) is 0 Å². The predicted octanol–water partition coefficient (Wildman–Crippen LogP) is 1.30. The second-order valence-electron chi connectivity index (χ2n) is 6.57. The van der Waals surface area contributed by atoms with Gasteiger partial charge < -0.3 is 15.3 Å². The van der Waals surface area contributed by atoms with E-state index < -0.39 is 11.6 Å². The monoisotopic (exact) mass is 284 g/mol. The molecule has 0 heterocycles. The summed E-state index contributed by atoms with van der Waals surface area (Å²) in [4.78, 5) is 25.7. The number of carbonyl (C=O) groups excluding carboxylic acids is 2. The van der Waals surface area contributed by atoms with Gasteiger partial charge in [-0.05, 0) is 33.6 Å². The smallest absolute Gasteiger partial charge is 0.244 e. The van der Waals surface area contributed by atoms with Crippen molar-refractivity contribution in [3.8, 4) is 0 Å². The maximum absolute atomic E-state index is 12.1. The second kappa shape index (κ2) is 7.07. The van der Waals surface area contributed by atoms with Crippen molar-refractivity contribution >= 4 is 11.8 Å². The number of rotatable bonds is 5. The Morgan fingerprint density at radius 1 is 1.30 bits per heavy atom. The Bertz CT molecular complexity index is 344. The van der Waals surface area contributed by atoms with E-state index in [0.29, 0.717) is 0 Å². The molecule has 0 aromatic carbocycles. The summed E-state index contributed by atoms with van der Waals surface area (Å²) in [6, 6.07) is -0.545. The van der Waals surface area contributed by atoms with Gasteiger partial charge >= 0.3 is 0 Å². The summed E-state index contributed by atoms with van der Waals surface area (Å²) in [5.74, 6) is -0.128. The lowest BCUT2D eigenvalue weighted by Crippen LogP contribution is -2.50. The third-order valence-electron chi connectivity index (χ3n) is 3.71. The third kappa shape index (κ3) is 5.49. The van der Waals surface area contributed by atoms with E-state index >= 15 is 0 Å². The van der Waals surface area contributed by atoms with Gasteiger partial charge in [0.05, 0.1) is 5.60 Å². The Kier molecular flexibility index (Phi) is 5.99. The van der Waals surface area contributed by atoms with Gasteiger partial charge in [0.1, 0.15) is 6.04 Å². The Balaban J connectivity index is 2.46. The highest BCUT2D eigenvalue weighted by atomic mass is 16.3. The SMILES string of the molecule is CC(NC(=O)C1CCCCC1)C(=O)N(C)CC(C)(C)O. The van der Waals surface area contributed by atoms with Crippen LogP contribution in [0.1, 0.15) is 52.9 Å². The predicted molar refractivity (Wildman–Crippen MR) is 78.1 cm³/mol. The van der Waals surface area contributed by atoms with Crippen LogP contribution in [0.25, 0.3) is 0 Å². The molecule has 2 amide bonds. The van der Waals surface area contributed by atoms with Crippen molar-refractivity contribution in [1.29, 1.82) is 0 Å². The molecule has 116 valence electrons. The molecule has 2 N–H and O–H groups in total. The molecule has 0 aromatic rings. The van der Waals surface area contributed by atoms with Gasteiger partial charge in [0.2, 0.25) is 11.8 Å². The van der Waals surface area contributed by atoms with Gasteiger partial charge in [0.25, 0.3) is 0 Å². The van der Waals surface area contributed by atoms with E-state index in [1.165, 1.54) is 11.3 Å². The zero-order valence-electron chi connectivity index (χ0n) is 13.1. The number of hydrogen-bond acceptors (Lipinski definition) is 3. The largest absolute Gasteiger partial charge is 0.389 e. The van der Waals surface area contributed by atoms with Crippen LogP contribution in [0, 0.1) is 5.92 Å². The molecule has 1 aliphatic rings. The molecule has 0 aromatic heterocycles. The van der Waals surface area contributed by atoms with Gasteiger partial charge in [-0.2, -0.15) is 0 Å². The minimum absolute atomic E-state index is 0.0118. The van der Waals surface area contributed by atoms with Gasteiger partial charge in [-0.15, -0.1) is 0 Å². The molecule has 5 heteroatoms. The average Bonchev–Trinajstić information content (AvgIpc) is 2.36. The maximum atomic E-state index is 12.1. The van der Waals surface area contributed by atoms with E-state index in [-0.39, 0.29) is 24.3 Å². The van der Waals surface area contributed by atoms with Crippen molar-refractivity contribution < 1.29 is 14.7 Å². The van der Waals surface area contributed by atoms with E-state index in [1.54, 1.807) is 27.8 Å². The summed E-state index contributed by atoms with van der Waals surface area (Å²) in [6.45, 7) is 5.25. The van der Waals surface area contributed by atoms with Crippen LogP contribution in [-0.4, -0.2) is 47.1 Å². The van der Waals surface area contributed by atoms with E-state index in [2.05, 4.69) is 5.32 Å². The molecule has 0 spiro atoms. The van der Waals surface area contributed by atoms with Crippen LogP contribution in [0.4, 0.5) is 0 Å². The maximum Gasteiger partial charge on any atom is 0.244 e. The number of aliphatic hydroxyl groups is 1. The van der Waals surface area contributed by atoms with E-state index in [1.807, 2.05) is 0 Å². The first kappa shape index (κ1) is 17.0. The molecule has 0 aliphatic heterocycles. The molecular weight excluding hydrogens is 256 g/mol. The molecular formula is C15H28N2O3. The van der Waals surface area contributed by atoms with Crippen LogP contribution in [0.5, 0.6) is 0 Å². The number of amides is 2. The van der Waals surface area contributed by atoms with Crippen molar-refractivity contribution in [2.75, 3.05) is 13.6 Å². The molecule has 1 aliphatic carbocycles. The first-order valence-corrected chi connectivity index (χ1v) is 7.48. The Morgan fingerprint density at radius 2 is 1.85 bits per heavy atom. The highest BCUT2D eigenvalue weighted by molar-refractivity contribution is 5.88. The van der Waals surface area contributed by atoms with Crippen LogP contribution < -0.4 is 5.32 Å². The number of likely N-dealkylation sites (N-methyl/N-ethyl adjacent to an activating group) is 1. The minimum atomic E-state index is -0.933. The van der Waals surface area contributed by atoms with Crippen molar-refractivity contribution in [3.63, 3.8) is 0 Å². The molecule has 20 heavy (non-hydrogen) atoms. The fraction of sp³-hybridized carbons (Fsp3) is 0.867. The van der Waals surface area contributed by atoms with Crippen LogP contribution in [0.3, 0.4) is 0 Å². The van der Waals surface area contributed by atoms with Gasteiger partial charge in [-0.1, -0.05) is 19.3 Å². The zero-order valence-corrected chi connectivity index (χ0v) is 13.1. The molecule has 1 rings (SSSR count). The van der Waals surface area contributed by atoms with E-state index in [9.17, 15) is 14.7 Å². The minimum Gasteiger partial charge on any atom is -0.389 e. The van der Waals surface area contributed by atoms with Gasteiger partial charge in [0, 0.05) is 19.5 Å². The van der Waals surface area contributed by atoms with Crippen molar-refractivity contribution in [2.24, 2.45) is 5.92 Å². The zero-order chi connectivity index (χ0) is 15.3. The quantitative estimate of drug-likeness (QED) is 0.799. The summed E-state index contributed by atoms with van der Waals surface area (Å²) in [7, 11) is 1.64. The van der Waals surface area contributed by atoms with Gasteiger partial charge in [-0.3, -0.25) is 9.59 Å². The lowest BCUT2D eigenvalue weighted by atomic mass is 9.88. The topological polar surface area (TPSA) is 69.6 Å². The Morgan fingerprint density at radius 3 is 2.35 bits per heavy atom. The summed E-state index contributed by atoms with van der Waals surface area (Å²) in [5, 5.41) is 12.5. The average molecular weight is 284 g/mol. The molecule has 1 saturated carbocycles. The fourth-order valence-corrected chi connectivity index (χ4v) is 2.75. The van der Waals surface area contributed by atoms with Crippen LogP contribution >= 0.6 is 0 Å². The molecule has 0 saturated heterocycles. The Hall–Kier alpha value is -1.10. The molecule has 5 nitrogen and oxygen atoms in total. The number of nitrogens with one attached hydrogen (secondary N) is 1. The number of carbonyl (C=O) groups is 2. The first-order valence-electron chi connectivity index (χ1n) is 7.48. The lowest BCUT2D eigenvalue weighted by Gasteiger charge is -2.29. The Labute approximate surface area is 121 Å². The standard InChI is InChI=1S/C15H28N2O3/c1-11(14(19)17(4)10-15(2,3)20)16-13(18)12-8-6-5-7-9-12/h11-12,20H,5-10H2,1-4H3,(H,16,18). The summed E-state index contributed by atoms with van der Waals surface area (Å²) < 4.78 is 0. The molecule has 1 atom stereocenters. The van der Waals surface area contributed by atoms with Crippen LogP contribution in [-0.2, 0) is 9.59 Å². The van der Waals surface area contributed by atoms with Gasteiger partial charge in [-0.25, -0.2) is 0 Å². The molecule has 1 fully saturated rings. The highest BCUT2D eigenvalue weighted by Gasteiger charge is 2.27. The van der Waals surface area contributed by atoms with Crippen molar-refractivity contribution in [2.45, 2.75) is 64.5 Å². The van der Waals surface area contributed by atoms with Crippen molar-refractivity contribution in [1.82, 2.24) is 10.2 Å². The summed E-state index contributed by atoms with van der Waals surface area (Å²) in [5.41, 5.74) is -0.933. The third-order valence-corrected chi connectivity index (χ3v) is 3.71. The molecule has 0 radical (unpaired) electrons.